The van der Waals surface area contributed by atoms with Crippen LogP contribution in [-0.2, 0) is 6.54 Å². The number of furan rings is 1. The lowest BCUT2D eigenvalue weighted by atomic mass is 9.94. The lowest BCUT2D eigenvalue weighted by Gasteiger charge is -2.30. The molecule has 2 N–H and O–H groups in total. The number of thiazole rings is 1. The van der Waals surface area contributed by atoms with Gasteiger partial charge in [-0.15, -0.1) is 11.3 Å². The zero-order valence-corrected chi connectivity index (χ0v) is 13.1. The molecule has 0 amide bonds. The molecular weight excluding hydrogens is 272 g/mol. The Morgan fingerprint density at radius 2 is 2.10 bits per heavy atom. The van der Waals surface area contributed by atoms with Gasteiger partial charge in [0.1, 0.15) is 5.76 Å². The second-order valence-electron chi connectivity index (χ2n) is 5.04. The lowest BCUT2D eigenvalue weighted by Crippen LogP contribution is -2.46. The van der Waals surface area contributed by atoms with Crippen LogP contribution >= 0.6 is 11.3 Å². The van der Waals surface area contributed by atoms with E-state index in [1.54, 1.807) is 11.3 Å². The number of hydrogen-bond donors (Lipinski definition) is 2. The van der Waals surface area contributed by atoms with E-state index in [0.717, 1.165) is 40.8 Å². The summed E-state index contributed by atoms with van der Waals surface area (Å²) in [6.07, 6.45) is 3.68. The van der Waals surface area contributed by atoms with Gasteiger partial charge in [0.05, 0.1) is 6.61 Å². The maximum Gasteiger partial charge on any atom is 0.162 e. The van der Waals surface area contributed by atoms with E-state index in [4.69, 9.17) is 4.42 Å². The van der Waals surface area contributed by atoms with Crippen molar-refractivity contribution in [2.24, 2.45) is 0 Å². The standard InChI is InChI=1S/C15H22N2O2S/c1-4-15(5-2,10-18)17-9-12-8-16-14(20-12)13-7-6-11(3)19-13/h6-8,17-18H,4-5,9-10H2,1-3H3. The molecule has 0 fully saturated rings. The number of aryl methyl sites for hydroxylation is 1. The quantitative estimate of drug-likeness (QED) is 0.822. The lowest BCUT2D eigenvalue weighted by molar-refractivity contribution is 0.150. The van der Waals surface area contributed by atoms with Crippen LogP contribution < -0.4 is 5.32 Å². The minimum atomic E-state index is -0.189. The molecule has 20 heavy (non-hydrogen) atoms. The average Bonchev–Trinajstić information content (AvgIpc) is 3.10. The van der Waals surface area contributed by atoms with E-state index in [9.17, 15) is 5.11 Å². The third-order valence-electron chi connectivity index (χ3n) is 3.80. The fourth-order valence-corrected chi connectivity index (χ4v) is 2.92. The molecule has 2 rings (SSSR count). The van der Waals surface area contributed by atoms with E-state index in [-0.39, 0.29) is 12.1 Å². The van der Waals surface area contributed by atoms with Gasteiger partial charge in [-0.3, -0.25) is 0 Å². The van der Waals surface area contributed by atoms with Gasteiger partial charge in [0.25, 0.3) is 0 Å². The number of aliphatic hydroxyl groups is 1. The first-order chi connectivity index (χ1) is 9.62. The van der Waals surface area contributed by atoms with Gasteiger partial charge < -0.3 is 14.8 Å². The minimum absolute atomic E-state index is 0.156. The van der Waals surface area contributed by atoms with Crippen molar-refractivity contribution < 1.29 is 9.52 Å². The van der Waals surface area contributed by atoms with E-state index in [1.807, 2.05) is 25.3 Å². The first-order valence-electron chi connectivity index (χ1n) is 7.00. The van der Waals surface area contributed by atoms with Gasteiger partial charge in [0.2, 0.25) is 0 Å². The van der Waals surface area contributed by atoms with Crippen molar-refractivity contribution in [3.05, 3.63) is 29.0 Å². The number of aromatic nitrogens is 1. The highest BCUT2D eigenvalue weighted by Crippen LogP contribution is 2.27. The Balaban J connectivity index is 2.03. The summed E-state index contributed by atoms with van der Waals surface area (Å²) in [5.74, 6) is 1.71. The fraction of sp³-hybridized carbons (Fsp3) is 0.533. The molecule has 0 atom stereocenters. The molecule has 0 bridgehead atoms. The zero-order chi connectivity index (χ0) is 14.6. The highest BCUT2D eigenvalue weighted by atomic mass is 32.1. The maximum absolute atomic E-state index is 9.55. The van der Waals surface area contributed by atoms with Crippen molar-refractivity contribution >= 4 is 11.3 Å². The van der Waals surface area contributed by atoms with Crippen LogP contribution in [0.4, 0.5) is 0 Å². The van der Waals surface area contributed by atoms with E-state index >= 15 is 0 Å². The summed E-state index contributed by atoms with van der Waals surface area (Å²) in [5.41, 5.74) is -0.189. The second-order valence-corrected chi connectivity index (χ2v) is 6.16. The molecule has 0 aromatic carbocycles. The Morgan fingerprint density at radius 1 is 1.35 bits per heavy atom. The monoisotopic (exact) mass is 294 g/mol. The maximum atomic E-state index is 9.55. The van der Waals surface area contributed by atoms with Gasteiger partial charge >= 0.3 is 0 Å². The Hall–Kier alpha value is -1.17. The predicted molar refractivity (Wildman–Crippen MR) is 81.8 cm³/mol. The summed E-state index contributed by atoms with van der Waals surface area (Å²) in [4.78, 5) is 5.55. The number of nitrogens with one attached hydrogen (secondary N) is 1. The van der Waals surface area contributed by atoms with Crippen molar-refractivity contribution in [1.29, 1.82) is 0 Å². The summed E-state index contributed by atoms with van der Waals surface area (Å²) in [5, 5.41) is 13.9. The molecule has 0 aliphatic rings. The second kappa shape index (κ2) is 6.52. The highest BCUT2D eigenvalue weighted by molar-refractivity contribution is 7.14. The molecule has 0 unspecified atom stereocenters. The van der Waals surface area contributed by atoms with E-state index in [2.05, 4.69) is 24.1 Å². The molecule has 5 heteroatoms. The van der Waals surface area contributed by atoms with Gasteiger partial charge in [0.15, 0.2) is 10.8 Å². The fourth-order valence-electron chi connectivity index (χ4n) is 2.11. The molecule has 2 aromatic rings. The van der Waals surface area contributed by atoms with Crippen LogP contribution in [0.1, 0.15) is 37.3 Å². The van der Waals surface area contributed by atoms with Gasteiger partial charge in [-0.25, -0.2) is 4.98 Å². The summed E-state index contributed by atoms with van der Waals surface area (Å²) < 4.78 is 5.58. The molecule has 0 aliphatic heterocycles. The Bertz CT molecular complexity index is 535. The van der Waals surface area contributed by atoms with E-state index < -0.39 is 0 Å². The van der Waals surface area contributed by atoms with Crippen LogP contribution in [0.15, 0.2) is 22.7 Å². The number of rotatable bonds is 7. The normalized spacial score (nSPS) is 12.0. The minimum Gasteiger partial charge on any atom is -0.459 e. The van der Waals surface area contributed by atoms with Crippen LogP contribution in [0.5, 0.6) is 0 Å². The van der Waals surface area contributed by atoms with Crippen LogP contribution in [0.25, 0.3) is 10.8 Å². The SMILES string of the molecule is CCC(CC)(CO)NCc1cnc(-c2ccc(C)o2)s1. The summed E-state index contributed by atoms with van der Waals surface area (Å²) in [6.45, 7) is 6.99. The largest absolute Gasteiger partial charge is 0.459 e. The van der Waals surface area contributed by atoms with E-state index in [0.29, 0.717) is 0 Å². The third kappa shape index (κ3) is 3.29. The summed E-state index contributed by atoms with van der Waals surface area (Å²) in [7, 11) is 0. The predicted octanol–water partition coefficient (Wildman–Crippen LogP) is 3.35. The number of aliphatic hydroxyl groups excluding tert-OH is 1. The van der Waals surface area contributed by atoms with Gasteiger partial charge in [-0.1, -0.05) is 13.8 Å². The topological polar surface area (TPSA) is 58.3 Å². The molecule has 0 aliphatic carbocycles. The number of hydrogen-bond acceptors (Lipinski definition) is 5. The van der Waals surface area contributed by atoms with Crippen molar-refractivity contribution in [2.45, 2.75) is 45.7 Å². The first-order valence-corrected chi connectivity index (χ1v) is 7.81. The Labute approximate surface area is 123 Å². The highest BCUT2D eigenvalue weighted by Gasteiger charge is 2.24. The van der Waals surface area contributed by atoms with Gasteiger partial charge in [-0.2, -0.15) is 0 Å². The molecule has 0 spiro atoms. The van der Waals surface area contributed by atoms with Crippen molar-refractivity contribution in [2.75, 3.05) is 6.61 Å². The summed E-state index contributed by atoms with van der Waals surface area (Å²) >= 11 is 1.62. The molecule has 0 saturated heterocycles. The van der Waals surface area contributed by atoms with Crippen LogP contribution in [-0.4, -0.2) is 22.2 Å². The van der Waals surface area contributed by atoms with Gasteiger partial charge in [-0.05, 0) is 31.9 Å². The molecule has 4 nitrogen and oxygen atoms in total. The summed E-state index contributed by atoms with van der Waals surface area (Å²) in [6, 6.07) is 3.89. The van der Waals surface area contributed by atoms with Crippen molar-refractivity contribution in [3.8, 4) is 10.8 Å². The van der Waals surface area contributed by atoms with E-state index in [1.165, 1.54) is 0 Å². The Morgan fingerprint density at radius 3 is 2.65 bits per heavy atom. The molecule has 2 aromatic heterocycles. The van der Waals surface area contributed by atoms with Crippen molar-refractivity contribution in [3.63, 3.8) is 0 Å². The van der Waals surface area contributed by atoms with Gasteiger partial charge in [0, 0.05) is 23.2 Å². The zero-order valence-electron chi connectivity index (χ0n) is 12.3. The Kier molecular flexibility index (Phi) is 4.96. The molecule has 0 saturated carbocycles. The van der Waals surface area contributed by atoms with Crippen LogP contribution in [0.2, 0.25) is 0 Å². The molecular formula is C15H22N2O2S. The third-order valence-corrected chi connectivity index (χ3v) is 4.81. The molecule has 0 radical (unpaired) electrons. The smallest absolute Gasteiger partial charge is 0.162 e. The van der Waals surface area contributed by atoms with Crippen LogP contribution in [0, 0.1) is 6.92 Å². The molecule has 110 valence electrons. The number of nitrogens with zero attached hydrogens (tertiary/aromatic N) is 1. The first kappa shape index (κ1) is 15.2. The molecule has 2 heterocycles. The average molecular weight is 294 g/mol. The van der Waals surface area contributed by atoms with Crippen LogP contribution in [0.3, 0.4) is 0 Å². The van der Waals surface area contributed by atoms with Crippen molar-refractivity contribution in [1.82, 2.24) is 10.3 Å².